The lowest BCUT2D eigenvalue weighted by Gasteiger charge is -2.15. The van der Waals surface area contributed by atoms with Crippen molar-refractivity contribution in [2.24, 2.45) is 0 Å². The summed E-state index contributed by atoms with van der Waals surface area (Å²) in [6.07, 6.45) is 8.55. The minimum atomic E-state index is -0.558. The van der Waals surface area contributed by atoms with Gasteiger partial charge in [-0.05, 0) is 43.2 Å². The summed E-state index contributed by atoms with van der Waals surface area (Å²) in [5.74, 6) is 1.80. The van der Waals surface area contributed by atoms with E-state index in [1.54, 1.807) is 25.1 Å². The van der Waals surface area contributed by atoms with Crippen LogP contribution in [0.2, 0.25) is 10.0 Å². The van der Waals surface area contributed by atoms with E-state index in [-0.39, 0.29) is 40.5 Å². The van der Waals surface area contributed by atoms with Crippen molar-refractivity contribution < 1.29 is 14.3 Å². The predicted octanol–water partition coefficient (Wildman–Crippen LogP) is 4.68. The second-order valence-corrected chi connectivity index (χ2v) is 8.13. The first-order valence-electron chi connectivity index (χ1n) is 10.5. The van der Waals surface area contributed by atoms with Gasteiger partial charge in [0.05, 0.1) is 16.3 Å². The number of aryl methyl sites for hydroxylation is 1. The number of anilines is 1. The van der Waals surface area contributed by atoms with Gasteiger partial charge in [-0.2, -0.15) is 0 Å². The van der Waals surface area contributed by atoms with Gasteiger partial charge in [0.1, 0.15) is 5.69 Å². The number of pyridine rings is 1. The van der Waals surface area contributed by atoms with Crippen LogP contribution in [0.1, 0.15) is 46.2 Å². The summed E-state index contributed by atoms with van der Waals surface area (Å²) in [4.78, 5) is 30.4. The molecule has 34 heavy (non-hydrogen) atoms. The number of terminal acetylenes is 1. The molecule has 0 bridgehead atoms. The second-order valence-electron chi connectivity index (χ2n) is 7.29. The molecule has 0 unspecified atom stereocenters. The molecular weight excluding hydrogens is 477 g/mol. The van der Waals surface area contributed by atoms with Gasteiger partial charge in [0.15, 0.2) is 12.4 Å². The average Bonchev–Trinajstić information content (AvgIpc) is 3.23. The summed E-state index contributed by atoms with van der Waals surface area (Å²) in [5.41, 5.74) is 1.28. The van der Waals surface area contributed by atoms with Gasteiger partial charge >= 0.3 is 0 Å². The molecule has 0 radical (unpaired) electrons. The Morgan fingerprint density at radius 1 is 1.24 bits per heavy atom. The summed E-state index contributed by atoms with van der Waals surface area (Å²) in [6, 6.07) is 7.88. The number of carbonyl (C=O) groups is 2. The molecule has 1 aromatic carbocycles. The van der Waals surface area contributed by atoms with Gasteiger partial charge in [0.25, 0.3) is 11.8 Å². The highest BCUT2D eigenvalue weighted by molar-refractivity contribution is 6.32. The molecule has 3 aromatic rings. The quantitative estimate of drug-likeness (QED) is 0.329. The third-order valence-electron chi connectivity index (χ3n) is 4.76. The van der Waals surface area contributed by atoms with Crippen LogP contribution in [0.5, 0.6) is 5.88 Å². The number of benzene rings is 1. The summed E-state index contributed by atoms with van der Waals surface area (Å²) < 4.78 is 6.65. The van der Waals surface area contributed by atoms with E-state index in [1.807, 2.05) is 6.92 Å². The summed E-state index contributed by atoms with van der Waals surface area (Å²) in [5, 5.41) is 10.6. The van der Waals surface area contributed by atoms with Crippen LogP contribution in [0, 0.1) is 19.3 Å². The van der Waals surface area contributed by atoms with Crippen LogP contribution in [0.3, 0.4) is 0 Å². The fourth-order valence-corrected chi connectivity index (χ4v) is 3.62. The van der Waals surface area contributed by atoms with Crippen molar-refractivity contribution in [1.82, 2.24) is 20.1 Å². The number of aromatic nitrogens is 3. The Hall–Kier alpha value is -3.54. The molecule has 10 heteroatoms. The first-order chi connectivity index (χ1) is 16.3. The number of halogens is 2. The molecule has 0 saturated heterocycles. The van der Waals surface area contributed by atoms with Gasteiger partial charge in [-0.15, -0.1) is 11.5 Å². The van der Waals surface area contributed by atoms with Crippen molar-refractivity contribution in [1.29, 1.82) is 0 Å². The van der Waals surface area contributed by atoms with Gasteiger partial charge in [-0.1, -0.05) is 42.5 Å². The highest BCUT2D eigenvalue weighted by Gasteiger charge is 2.23. The van der Waals surface area contributed by atoms with Gasteiger partial charge in [0.2, 0.25) is 5.88 Å². The van der Waals surface area contributed by atoms with E-state index in [0.717, 1.165) is 12.8 Å². The van der Waals surface area contributed by atoms with Crippen LogP contribution < -0.4 is 15.4 Å². The maximum atomic E-state index is 13.4. The van der Waals surface area contributed by atoms with E-state index >= 15 is 0 Å². The lowest BCUT2D eigenvalue weighted by molar-refractivity contribution is 0.0954. The number of carbonyl (C=O) groups excluding carboxylic acids is 2. The van der Waals surface area contributed by atoms with Crippen molar-refractivity contribution in [2.45, 2.75) is 26.7 Å². The van der Waals surface area contributed by atoms with Crippen LogP contribution >= 0.6 is 23.2 Å². The predicted molar refractivity (Wildman–Crippen MR) is 132 cm³/mol. The topological polar surface area (TPSA) is 98.1 Å². The number of hydrogen-bond acceptors (Lipinski definition) is 5. The number of nitrogens with one attached hydrogen (secondary N) is 2. The molecule has 0 fully saturated rings. The van der Waals surface area contributed by atoms with Crippen LogP contribution in [0.15, 0.2) is 36.5 Å². The van der Waals surface area contributed by atoms with Crippen molar-refractivity contribution in [2.75, 3.05) is 18.5 Å². The van der Waals surface area contributed by atoms with E-state index in [2.05, 4.69) is 26.6 Å². The van der Waals surface area contributed by atoms with Crippen LogP contribution in [-0.4, -0.2) is 39.7 Å². The molecule has 0 aliphatic heterocycles. The Labute approximate surface area is 207 Å². The minimum absolute atomic E-state index is 0.0353. The van der Waals surface area contributed by atoms with E-state index in [4.69, 9.17) is 34.4 Å². The summed E-state index contributed by atoms with van der Waals surface area (Å²) in [6.45, 7) is 4.25. The lowest BCUT2D eigenvalue weighted by atomic mass is 10.1. The fraction of sp³-hybridized carbons (Fsp3) is 0.250. The molecule has 3 rings (SSSR count). The lowest BCUT2D eigenvalue weighted by Crippen LogP contribution is -2.27. The Bertz CT molecular complexity index is 1250. The van der Waals surface area contributed by atoms with E-state index < -0.39 is 5.91 Å². The molecule has 0 spiro atoms. The first kappa shape index (κ1) is 25.1. The number of unbranched alkanes of at least 4 members (excludes halogenated alkanes) is 1. The van der Waals surface area contributed by atoms with Crippen molar-refractivity contribution in [3.8, 4) is 24.0 Å². The zero-order valence-electron chi connectivity index (χ0n) is 18.7. The number of nitrogens with zero attached hydrogens (tertiary/aromatic N) is 3. The number of amides is 2. The minimum Gasteiger partial charge on any atom is -0.463 e. The maximum absolute atomic E-state index is 13.4. The molecule has 0 aliphatic rings. The van der Waals surface area contributed by atoms with E-state index in [0.29, 0.717) is 22.8 Å². The number of rotatable bonds is 9. The zero-order chi connectivity index (χ0) is 24.7. The average molecular weight is 500 g/mol. The van der Waals surface area contributed by atoms with Gasteiger partial charge in [0, 0.05) is 23.8 Å². The van der Waals surface area contributed by atoms with Crippen molar-refractivity contribution in [3.05, 3.63) is 63.4 Å². The Morgan fingerprint density at radius 3 is 2.74 bits per heavy atom. The molecule has 0 atom stereocenters. The molecule has 0 saturated carbocycles. The summed E-state index contributed by atoms with van der Waals surface area (Å²) >= 11 is 12.5. The highest BCUT2D eigenvalue weighted by atomic mass is 35.5. The first-order valence-corrected chi connectivity index (χ1v) is 11.3. The maximum Gasteiger partial charge on any atom is 0.274 e. The Kier molecular flexibility index (Phi) is 8.52. The molecule has 176 valence electrons. The van der Waals surface area contributed by atoms with Crippen molar-refractivity contribution >= 4 is 40.7 Å². The van der Waals surface area contributed by atoms with E-state index in [9.17, 15) is 9.59 Å². The van der Waals surface area contributed by atoms with Gasteiger partial charge in [-0.25, -0.2) is 9.67 Å². The van der Waals surface area contributed by atoms with Crippen LogP contribution in [0.25, 0.3) is 5.82 Å². The number of hydrogen-bond donors (Lipinski definition) is 2. The third kappa shape index (κ3) is 5.87. The monoisotopic (exact) mass is 499 g/mol. The molecule has 0 aliphatic carbocycles. The molecule has 2 heterocycles. The van der Waals surface area contributed by atoms with Crippen LogP contribution in [-0.2, 0) is 0 Å². The Morgan fingerprint density at radius 2 is 2.03 bits per heavy atom. The standard InChI is InChI=1S/C24H23Cl2N5O3/c1-4-6-9-28-23(32)17-13-16(25)12-15(3)21(17)29-24(33)19-14-20(34-11-5-2)30-31(19)22-18(26)8-7-10-27-22/h2,7-8,10,12-14H,4,6,9,11H2,1,3H3,(H,28,32)(H,29,33). The third-order valence-corrected chi connectivity index (χ3v) is 5.28. The molecular formula is C24H23Cl2N5O3. The SMILES string of the molecule is C#CCOc1cc(C(=O)Nc2c(C)cc(Cl)cc2C(=O)NCCCC)n(-c2ncccc2Cl)n1. The van der Waals surface area contributed by atoms with Crippen LogP contribution in [0.4, 0.5) is 5.69 Å². The molecule has 2 amide bonds. The zero-order valence-corrected chi connectivity index (χ0v) is 20.2. The fourth-order valence-electron chi connectivity index (χ4n) is 3.14. The van der Waals surface area contributed by atoms with Gasteiger partial charge in [-0.3, -0.25) is 9.59 Å². The number of ether oxygens (including phenoxy) is 1. The smallest absolute Gasteiger partial charge is 0.274 e. The van der Waals surface area contributed by atoms with Crippen molar-refractivity contribution in [3.63, 3.8) is 0 Å². The molecule has 2 aromatic heterocycles. The second kappa shape index (κ2) is 11.5. The normalized spacial score (nSPS) is 10.4. The van der Waals surface area contributed by atoms with E-state index in [1.165, 1.54) is 23.0 Å². The largest absolute Gasteiger partial charge is 0.463 e. The summed E-state index contributed by atoms with van der Waals surface area (Å²) in [7, 11) is 0. The molecule has 2 N–H and O–H groups in total. The van der Waals surface area contributed by atoms with Gasteiger partial charge < -0.3 is 15.4 Å². The highest BCUT2D eigenvalue weighted by Crippen LogP contribution is 2.28. The Balaban J connectivity index is 2.00. The molecule has 8 nitrogen and oxygen atoms in total.